The van der Waals surface area contributed by atoms with Gasteiger partial charge in [0.05, 0.1) is 57.4 Å². The van der Waals surface area contributed by atoms with E-state index in [9.17, 15) is 0 Å². The maximum Gasteiger partial charge on any atom is 0.155 e. The lowest BCUT2D eigenvalue weighted by Gasteiger charge is -1.89. The summed E-state index contributed by atoms with van der Waals surface area (Å²) < 4.78 is 18.8. The Hall–Kier alpha value is -8.37. The third-order valence-corrected chi connectivity index (χ3v) is 26.0. The van der Waals surface area contributed by atoms with Crippen molar-refractivity contribution in [3.05, 3.63) is 279 Å². The van der Waals surface area contributed by atoms with Crippen LogP contribution in [0.15, 0.2) is 161 Å². The van der Waals surface area contributed by atoms with Crippen molar-refractivity contribution in [1.29, 1.82) is 0 Å². The third-order valence-electron chi connectivity index (χ3n) is 15.0. The van der Waals surface area contributed by atoms with Crippen molar-refractivity contribution in [2.75, 3.05) is 0 Å². The van der Waals surface area contributed by atoms with Gasteiger partial charge in [0, 0.05) is 77.9 Å². The van der Waals surface area contributed by atoms with Gasteiger partial charge in [-0.15, -0.1) is 107 Å². The van der Waals surface area contributed by atoms with Gasteiger partial charge >= 0.3 is 0 Å². The molecule has 0 aliphatic heterocycles. The highest BCUT2D eigenvalue weighted by atomic mass is 32.2. The molecule has 0 N–H and O–H groups in total. The lowest BCUT2D eigenvalue weighted by Crippen LogP contribution is -1.91. The molecule has 0 aliphatic rings. The maximum atomic E-state index is 5.45. The van der Waals surface area contributed by atoms with Gasteiger partial charge in [-0.1, -0.05) is 59.1 Å². The summed E-state index contributed by atoms with van der Waals surface area (Å²) in [6, 6.07) is 44.6. The first kappa shape index (κ1) is 88.2. The molecular formula is C87H97N11O2S11. The van der Waals surface area contributed by atoms with Crippen molar-refractivity contribution in [2.24, 2.45) is 0 Å². The van der Waals surface area contributed by atoms with E-state index in [0.29, 0.717) is 0 Å². The molecule has 16 heterocycles. The van der Waals surface area contributed by atoms with E-state index in [2.05, 4.69) is 233 Å². The zero-order valence-electron chi connectivity index (χ0n) is 67.7. The average Bonchev–Trinajstić information content (AvgIpc) is 1.73. The molecule has 0 fully saturated rings. The van der Waals surface area contributed by atoms with Crippen molar-refractivity contribution in [2.45, 2.75) is 166 Å². The van der Waals surface area contributed by atoms with Crippen molar-refractivity contribution in [3.8, 4) is 0 Å². The van der Waals surface area contributed by atoms with Gasteiger partial charge in [0.2, 0.25) is 0 Å². The Labute approximate surface area is 697 Å². The zero-order chi connectivity index (χ0) is 80.6. The van der Waals surface area contributed by atoms with E-state index in [1.54, 1.807) is 74.2 Å². The number of thiazole rings is 5. The molecule has 0 radical (unpaired) electrons. The fraction of sp³-hybridized carbons (Fsp3) is 0.276. The first-order valence-electron chi connectivity index (χ1n) is 35.7. The summed E-state index contributed by atoms with van der Waals surface area (Å²) in [6.45, 7) is 48.8. The van der Waals surface area contributed by atoms with Crippen LogP contribution >= 0.6 is 125 Å². The van der Waals surface area contributed by atoms with Gasteiger partial charge in [-0.3, -0.25) is 4.98 Å². The number of hydrogen-bond acceptors (Lipinski definition) is 24. The number of fused-ring (bicyclic) bond motifs is 7. The summed E-state index contributed by atoms with van der Waals surface area (Å²) in [5, 5.41) is 15.7. The standard InChI is InChI=1S/C10H10O.C10H10S.C9H9NS.C8H8S2.2C7H7NS2.C7H9N.C6H6N2S2.C6H8N2.C6H8O.C6H8S.C5H7N3/c2*1-7-3-4-9-6-8(2)11-10(9)5-7;1-6-3-4-8-9(5-6)11-7(2)10-8;1-5-3-7-8(9-5)4-6(2)10-7;1-4-3-6-7(9-4)8-5(2)10-6;1-4-3-6-7(9-4)10-5(2)8-6;1-6-3-4-7(2)8-5-6;1-3-7-5-6(9-3)8-4(2)10-5;1-5-3-7-6(2)8-4-5;2*1-5-3-4-6(2)7-5;1-4-3-6-5(2)8-7-4/h2*3-6H,1-2H3;3-5H,1-2H3;3-4H,1-2H3;2*3H,1-2H3;3-5H,1-2H3;1-2H3;3-4H,1-2H3;2*3-4H,1-2H3;3H,1-2H3. The Morgan fingerprint density at radius 3 is 1.24 bits per heavy atom. The number of hydrogen-bond donors (Lipinski definition) is 0. The smallest absolute Gasteiger partial charge is 0.155 e. The van der Waals surface area contributed by atoms with Crippen LogP contribution in [-0.2, 0) is 0 Å². The number of pyridine rings is 1. The molecule has 0 saturated carbocycles. The Kier molecular flexibility index (Phi) is 34.2. The maximum absolute atomic E-state index is 5.45. The van der Waals surface area contributed by atoms with E-state index >= 15 is 0 Å². The molecule has 0 amide bonds. The van der Waals surface area contributed by atoms with Crippen LogP contribution in [0.4, 0.5) is 0 Å². The molecule has 0 saturated heterocycles. The molecule has 0 bridgehead atoms. The molecule has 19 rings (SSSR count). The minimum atomic E-state index is 0.718. The van der Waals surface area contributed by atoms with Gasteiger partial charge < -0.3 is 8.83 Å². The normalized spacial score (nSPS) is 10.3. The van der Waals surface area contributed by atoms with E-state index in [1.807, 2.05) is 190 Å². The molecule has 0 unspecified atom stereocenters. The predicted octanol–water partition coefficient (Wildman–Crippen LogP) is 28.9. The average molecular weight is 1680 g/mol. The summed E-state index contributed by atoms with van der Waals surface area (Å²) in [5.41, 5.74) is 11.4. The largest absolute Gasteiger partial charge is 0.467 e. The highest BCUT2D eigenvalue weighted by molar-refractivity contribution is 7.38. The van der Waals surface area contributed by atoms with Gasteiger partial charge in [0.25, 0.3) is 0 Å². The molecule has 24 heteroatoms. The number of aromatic nitrogens is 11. The Morgan fingerprint density at radius 1 is 0.243 bits per heavy atom. The van der Waals surface area contributed by atoms with Crippen LogP contribution in [0, 0.1) is 166 Å². The van der Waals surface area contributed by atoms with Crippen LogP contribution in [0.1, 0.15) is 127 Å². The van der Waals surface area contributed by atoms with E-state index in [0.717, 1.165) is 81.7 Å². The molecule has 13 nitrogen and oxygen atoms in total. The Bertz CT molecular complexity index is 5040. The quantitative estimate of drug-likeness (QED) is 0.141. The second kappa shape index (κ2) is 43.0. The molecule has 0 spiro atoms. The van der Waals surface area contributed by atoms with Crippen LogP contribution in [0.5, 0.6) is 0 Å². The summed E-state index contributed by atoms with van der Waals surface area (Å²) >= 11 is 19.7. The van der Waals surface area contributed by atoms with E-state index in [-0.39, 0.29) is 0 Å². The summed E-state index contributed by atoms with van der Waals surface area (Å²) in [7, 11) is 0. The summed E-state index contributed by atoms with van der Waals surface area (Å²) in [5.74, 6) is 4.49. The number of rotatable bonds is 0. The van der Waals surface area contributed by atoms with E-state index < -0.39 is 0 Å². The SMILES string of the molecule is Cc1cc2nc(C)sc2s1.Cc1cc2sc(C)cc2s1.Cc1cc2sc(C)nc2s1.Cc1ccc(C)nc1.Cc1ccc(C)o1.Cc1ccc(C)s1.Cc1ccc2cc(C)oc2c1.Cc1ccc2cc(C)sc2c1.Cc1ccc2nc(C)sc2c1.Cc1cnc(C)nc1.Cc1cnc(C)nn1.Cc1nc2sc(C)nc2s1. The Balaban J connectivity index is 0.000000153. The molecule has 16 aromatic heterocycles. The van der Waals surface area contributed by atoms with Crippen molar-refractivity contribution in [3.63, 3.8) is 0 Å². The van der Waals surface area contributed by atoms with Gasteiger partial charge in [-0.25, -0.2) is 39.9 Å². The lowest BCUT2D eigenvalue weighted by molar-refractivity contribution is 0.504. The number of furan rings is 2. The molecule has 111 heavy (non-hydrogen) atoms. The zero-order valence-corrected chi connectivity index (χ0v) is 76.6. The third kappa shape index (κ3) is 30.2. The fourth-order valence-electron chi connectivity index (χ4n) is 10.0. The molecule has 0 atom stereocenters. The Morgan fingerprint density at radius 2 is 0.721 bits per heavy atom. The first-order chi connectivity index (χ1) is 52.7. The van der Waals surface area contributed by atoms with Gasteiger partial charge in [0.1, 0.15) is 43.4 Å². The van der Waals surface area contributed by atoms with Crippen LogP contribution in [0.25, 0.3) is 69.4 Å². The lowest BCUT2D eigenvalue weighted by atomic mass is 10.2. The molecular weight excluding hydrogens is 1580 g/mol. The van der Waals surface area contributed by atoms with E-state index in [4.69, 9.17) is 8.83 Å². The van der Waals surface area contributed by atoms with Crippen LogP contribution in [0.3, 0.4) is 0 Å². The second-order valence-corrected chi connectivity index (χ2v) is 40.4. The molecule has 3 aromatic carbocycles. The second-order valence-electron chi connectivity index (χ2n) is 26.3. The number of thiophene rings is 6. The van der Waals surface area contributed by atoms with Gasteiger partial charge in [-0.2, -0.15) is 5.10 Å². The van der Waals surface area contributed by atoms with Crippen LogP contribution < -0.4 is 0 Å². The van der Waals surface area contributed by atoms with Crippen molar-refractivity contribution < 1.29 is 8.83 Å². The number of nitrogens with zero attached hydrogens (tertiary/aromatic N) is 11. The fourth-order valence-corrected chi connectivity index (χ4v) is 21.1. The number of aryl methyl sites for hydroxylation is 24. The van der Waals surface area contributed by atoms with Gasteiger partial charge in [0.15, 0.2) is 9.66 Å². The highest BCUT2D eigenvalue weighted by Crippen LogP contribution is 2.34. The summed E-state index contributed by atoms with van der Waals surface area (Å²) in [4.78, 5) is 50.7. The van der Waals surface area contributed by atoms with Crippen LogP contribution in [0.2, 0.25) is 0 Å². The van der Waals surface area contributed by atoms with Gasteiger partial charge in [-0.05, 0) is 290 Å². The predicted molar refractivity (Wildman–Crippen MR) is 490 cm³/mol. The minimum Gasteiger partial charge on any atom is -0.467 e. The first-order valence-corrected chi connectivity index (χ1v) is 44.7. The highest BCUT2D eigenvalue weighted by Gasteiger charge is 2.07. The summed E-state index contributed by atoms with van der Waals surface area (Å²) in [6.07, 6.45) is 7.18. The molecule has 578 valence electrons. The topological polar surface area (TPSA) is 168 Å². The van der Waals surface area contributed by atoms with Crippen molar-refractivity contribution >= 4 is 194 Å². The minimum absolute atomic E-state index is 0.718. The molecule has 0 aliphatic carbocycles. The monoisotopic (exact) mass is 1680 g/mol. The van der Waals surface area contributed by atoms with E-state index in [1.165, 1.54) is 115 Å². The van der Waals surface area contributed by atoms with Crippen LogP contribution in [-0.4, -0.2) is 55.1 Å². The number of benzene rings is 3. The molecule has 19 aromatic rings. The van der Waals surface area contributed by atoms with Crippen molar-refractivity contribution in [1.82, 2.24) is 55.1 Å².